The summed E-state index contributed by atoms with van der Waals surface area (Å²) in [6.45, 7) is 1.42. The third-order valence-electron chi connectivity index (χ3n) is 2.54. The van der Waals surface area contributed by atoms with E-state index in [-0.39, 0.29) is 11.8 Å². The van der Waals surface area contributed by atoms with Crippen LogP contribution in [0.4, 0.5) is 17.1 Å². The van der Waals surface area contributed by atoms with Crippen molar-refractivity contribution in [2.75, 3.05) is 16.4 Å². The van der Waals surface area contributed by atoms with Crippen LogP contribution in [0.3, 0.4) is 0 Å². The lowest BCUT2D eigenvalue weighted by Crippen LogP contribution is -2.14. The van der Waals surface area contributed by atoms with Crippen LogP contribution in [0.25, 0.3) is 0 Å². The lowest BCUT2D eigenvalue weighted by Gasteiger charge is -2.08. The lowest BCUT2D eigenvalue weighted by atomic mass is 10.2. The topological polar surface area (TPSA) is 97.1 Å². The molecule has 0 atom stereocenters. The predicted molar refractivity (Wildman–Crippen MR) is 77.3 cm³/mol. The fourth-order valence-electron chi connectivity index (χ4n) is 1.67. The lowest BCUT2D eigenvalue weighted by molar-refractivity contribution is -0.114. The van der Waals surface area contributed by atoms with Crippen LogP contribution in [-0.2, 0) is 4.79 Å². The minimum Gasteiger partial charge on any atom is -0.398 e. The summed E-state index contributed by atoms with van der Waals surface area (Å²) in [5, 5.41) is 5.34. The summed E-state index contributed by atoms with van der Waals surface area (Å²) in [6.07, 6.45) is 2.92. The molecule has 6 heteroatoms. The number of carbonyl (C=O) groups is 2. The zero-order chi connectivity index (χ0) is 14.5. The standard InChI is InChI=1S/C14H14N4O2/c1-9(19)17-10-3-2-4-11(7-10)18-14(20)12-8-16-6-5-13(12)15/h2-8H,1H3,(H2,15,16)(H,17,19)(H,18,20). The molecule has 0 bridgehead atoms. The van der Waals surface area contributed by atoms with Gasteiger partial charge in [0.1, 0.15) is 0 Å². The number of nitrogens with zero attached hydrogens (tertiary/aromatic N) is 1. The molecule has 4 N–H and O–H groups in total. The van der Waals surface area contributed by atoms with Crippen LogP contribution in [0.5, 0.6) is 0 Å². The van der Waals surface area contributed by atoms with Gasteiger partial charge in [0.15, 0.2) is 0 Å². The maximum absolute atomic E-state index is 12.0. The number of nitrogen functional groups attached to an aromatic ring is 1. The zero-order valence-corrected chi connectivity index (χ0v) is 10.9. The van der Waals surface area contributed by atoms with Gasteiger partial charge in [0.25, 0.3) is 5.91 Å². The minimum absolute atomic E-state index is 0.176. The normalized spacial score (nSPS) is 9.85. The SMILES string of the molecule is CC(=O)Nc1cccc(NC(=O)c2cnccc2N)c1. The van der Waals surface area contributed by atoms with Crippen LogP contribution in [-0.4, -0.2) is 16.8 Å². The minimum atomic E-state index is -0.351. The molecule has 0 saturated heterocycles. The molecule has 1 aromatic carbocycles. The molecule has 20 heavy (non-hydrogen) atoms. The van der Waals surface area contributed by atoms with Crippen molar-refractivity contribution in [1.29, 1.82) is 0 Å². The molecule has 0 saturated carbocycles. The molecule has 0 spiro atoms. The molecule has 2 aromatic rings. The van der Waals surface area contributed by atoms with Crippen molar-refractivity contribution in [2.45, 2.75) is 6.92 Å². The number of carbonyl (C=O) groups excluding carboxylic acids is 2. The monoisotopic (exact) mass is 270 g/mol. The van der Waals surface area contributed by atoms with Crippen LogP contribution >= 0.6 is 0 Å². The summed E-state index contributed by atoms with van der Waals surface area (Å²) in [5.74, 6) is -0.527. The number of hydrogen-bond acceptors (Lipinski definition) is 4. The molecular formula is C14H14N4O2. The van der Waals surface area contributed by atoms with Gasteiger partial charge in [0.05, 0.1) is 5.56 Å². The first-order chi connectivity index (χ1) is 9.56. The van der Waals surface area contributed by atoms with Crippen molar-refractivity contribution in [3.63, 3.8) is 0 Å². The van der Waals surface area contributed by atoms with Gasteiger partial charge < -0.3 is 16.4 Å². The van der Waals surface area contributed by atoms with Gasteiger partial charge in [0, 0.05) is 36.4 Å². The Labute approximate surface area is 116 Å². The van der Waals surface area contributed by atoms with E-state index in [1.165, 1.54) is 19.3 Å². The summed E-state index contributed by atoms with van der Waals surface area (Å²) in [5.41, 5.74) is 7.54. The van der Waals surface area contributed by atoms with Crippen molar-refractivity contribution in [1.82, 2.24) is 4.98 Å². The molecule has 1 aromatic heterocycles. The van der Waals surface area contributed by atoms with E-state index >= 15 is 0 Å². The second kappa shape index (κ2) is 5.83. The van der Waals surface area contributed by atoms with Gasteiger partial charge in [-0.2, -0.15) is 0 Å². The van der Waals surface area contributed by atoms with Crippen molar-refractivity contribution in [3.8, 4) is 0 Å². The Morgan fingerprint density at radius 3 is 2.50 bits per heavy atom. The van der Waals surface area contributed by atoms with Crippen LogP contribution < -0.4 is 16.4 Å². The van der Waals surface area contributed by atoms with E-state index < -0.39 is 0 Å². The summed E-state index contributed by atoms with van der Waals surface area (Å²) in [7, 11) is 0. The maximum atomic E-state index is 12.0. The highest BCUT2D eigenvalue weighted by molar-refractivity contribution is 6.07. The smallest absolute Gasteiger partial charge is 0.259 e. The maximum Gasteiger partial charge on any atom is 0.259 e. The summed E-state index contributed by atoms with van der Waals surface area (Å²) in [4.78, 5) is 26.9. The molecule has 6 nitrogen and oxygen atoms in total. The number of hydrogen-bond donors (Lipinski definition) is 3. The zero-order valence-electron chi connectivity index (χ0n) is 10.9. The van der Waals surface area contributed by atoms with Gasteiger partial charge in [-0.05, 0) is 24.3 Å². The molecule has 1 heterocycles. The summed E-state index contributed by atoms with van der Waals surface area (Å²) >= 11 is 0. The fraction of sp³-hybridized carbons (Fsp3) is 0.0714. The van der Waals surface area contributed by atoms with Gasteiger partial charge in [-0.3, -0.25) is 14.6 Å². The summed E-state index contributed by atoms with van der Waals surface area (Å²) < 4.78 is 0. The van der Waals surface area contributed by atoms with Crippen molar-refractivity contribution in [3.05, 3.63) is 48.3 Å². The van der Waals surface area contributed by atoms with Crippen LogP contribution in [0.15, 0.2) is 42.7 Å². The van der Waals surface area contributed by atoms with E-state index in [1.807, 2.05) is 0 Å². The van der Waals surface area contributed by atoms with Crippen LogP contribution in [0.1, 0.15) is 17.3 Å². The number of rotatable bonds is 3. The van der Waals surface area contributed by atoms with Crippen molar-refractivity contribution < 1.29 is 9.59 Å². The average Bonchev–Trinajstić information content (AvgIpc) is 2.38. The number of aromatic nitrogens is 1. The van der Waals surface area contributed by atoms with Gasteiger partial charge in [-0.15, -0.1) is 0 Å². The number of benzene rings is 1. The van der Waals surface area contributed by atoms with Gasteiger partial charge >= 0.3 is 0 Å². The van der Waals surface area contributed by atoms with E-state index in [0.717, 1.165) is 0 Å². The quantitative estimate of drug-likeness (QED) is 0.793. The number of nitrogens with two attached hydrogens (primary N) is 1. The molecule has 0 aliphatic carbocycles. The molecule has 2 rings (SSSR count). The largest absolute Gasteiger partial charge is 0.398 e. The van der Waals surface area contributed by atoms with Crippen LogP contribution in [0.2, 0.25) is 0 Å². The van der Waals surface area contributed by atoms with Crippen molar-refractivity contribution in [2.24, 2.45) is 0 Å². The number of anilines is 3. The molecule has 102 valence electrons. The second-order valence-electron chi connectivity index (χ2n) is 4.18. The predicted octanol–water partition coefficient (Wildman–Crippen LogP) is 1.87. The Bertz CT molecular complexity index is 655. The van der Waals surface area contributed by atoms with Gasteiger partial charge in [-0.1, -0.05) is 6.07 Å². The average molecular weight is 270 g/mol. The molecular weight excluding hydrogens is 256 g/mol. The van der Waals surface area contributed by atoms with E-state index in [1.54, 1.807) is 30.3 Å². The Hall–Kier alpha value is -2.89. The first-order valence-electron chi connectivity index (χ1n) is 5.95. The Kier molecular flexibility index (Phi) is 3.95. The van der Waals surface area contributed by atoms with E-state index in [9.17, 15) is 9.59 Å². The third kappa shape index (κ3) is 3.32. The Morgan fingerprint density at radius 1 is 1.15 bits per heavy atom. The highest BCUT2D eigenvalue weighted by atomic mass is 16.2. The van der Waals surface area contributed by atoms with Crippen LogP contribution in [0, 0.1) is 0 Å². The first-order valence-corrected chi connectivity index (χ1v) is 5.95. The summed E-state index contributed by atoms with van der Waals surface area (Å²) in [6, 6.07) is 8.40. The molecule has 0 unspecified atom stereocenters. The third-order valence-corrected chi connectivity index (χ3v) is 2.54. The molecule has 0 radical (unpaired) electrons. The number of nitrogens with one attached hydrogen (secondary N) is 2. The highest BCUT2D eigenvalue weighted by Gasteiger charge is 2.10. The molecule has 0 aliphatic heterocycles. The highest BCUT2D eigenvalue weighted by Crippen LogP contribution is 2.17. The number of pyridine rings is 1. The fourth-order valence-corrected chi connectivity index (χ4v) is 1.67. The Morgan fingerprint density at radius 2 is 1.85 bits per heavy atom. The van der Waals surface area contributed by atoms with Crippen molar-refractivity contribution >= 4 is 28.9 Å². The molecule has 2 amide bonds. The van der Waals surface area contributed by atoms with E-state index in [2.05, 4.69) is 15.6 Å². The first kappa shape index (κ1) is 13.5. The van der Waals surface area contributed by atoms with E-state index in [0.29, 0.717) is 22.6 Å². The molecule has 0 aliphatic rings. The number of amides is 2. The van der Waals surface area contributed by atoms with E-state index in [4.69, 9.17) is 5.73 Å². The second-order valence-corrected chi connectivity index (χ2v) is 4.18. The van der Waals surface area contributed by atoms with Gasteiger partial charge in [-0.25, -0.2) is 0 Å². The Balaban J connectivity index is 2.16. The van der Waals surface area contributed by atoms with Gasteiger partial charge in [0.2, 0.25) is 5.91 Å². The molecule has 0 fully saturated rings.